The third-order valence-electron chi connectivity index (χ3n) is 4.70. The van der Waals surface area contributed by atoms with Crippen molar-refractivity contribution < 1.29 is 19.7 Å². The highest BCUT2D eigenvalue weighted by Gasteiger charge is 2.27. The van der Waals surface area contributed by atoms with Crippen molar-refractivity contribution >= 4 is 0 Å². The number of phenols is 1. The van der Waals surface area contributed by atoms with E-state index in [1.54, 1.807) is 14.2 Å². The lowest BCUT2D eigenvalue weighted by Gasteiger charge is -2.42. The molecule has 1 fully saturated rings. The molecule has 0 amide bonds. The van der Waals surface area contributed by atoms with Crippen LogP contribution in [0.3, 0.4) is 0 Å². The largest absolute Gasteiger partial charge is 0.502 e. The number of nitrogens with zero attached hydrogens (tertiary/aromatic N) is 2. The van der Waals surface area contributed by atoms with Crippen LogP contribution in [0.25, 0.3) is 0 Å². The summed E-state index contributed by atoms with van der Waals surface area (Å²) in [5.41, 5.74) is 1.05. The summed E-state index contributed by atoms with van der Waals surface area (Å²) in [6.07, 6.45) is 0.797. The highest BCUT2D eigenvalue weighted by Crippen LogP contribution is 2.37. The summed E-state index contributed by atoms with van der Waals surface area (Å²) in [7, 11) is 3.08. The van der Waals surface area contributed by atoms with Crippen molar-refractivity contribution in [2.75, 3.05) is 47.0 Å². The lowest BCUT2D eigenvalue weighted by Crippen LogP contribution is -2.53. The zero-order valence-electron chi connectivity index (χ0n) is 15.9. The Balaban J connectivity index is 2.08. The van der Waals surface area contributed by atoms with Gasteiger partial charge in [0.15, 0.2) is 11.5 Å². The second-order valence-corrected chi connectivity index (χ2v) is 7.14. The van der Waals surface area contributed by atoms with Crippen LogP contribution in [0.2, 0.25) is 0 Å². The fourth-order valence-electron chi connectivity index (χ4n) is 3.53. The smallest absolute Gasteiger partial charge is 0.200 e. The maximum atomic E-state index is 10.1. The number of hydrogen-bond acceptors (Lipinski definition) is 6. The van der Waals surface area contributed by atoms with Crippen LogP contribution in [0.5, 0.6) is 17.2 Å². The number of aromatic hydroxyl groups is 1. The van der Waals surface area contributed by atoms with Crippen LogP contribution in [-0.4, -0.2) is 73.1 Å². The molecular formula is C19H32N2O4. The van der Waals surface area contributed by atoms with Crippen molar-refractivity contribution in [3.8, 4) is 17.2 Å². The van der Waals surface area contributed by atoms with Crippen LogP contribution in [-0.2, 0) is 6.54 Å². The number of methoxy groups -OCH3 is 2. The summed E-state index contributed by atoms with van der Waals surface area (Å²) in [6.45, 7) is 9.45. The number of aliphatic hydroxyl groups excluding tert-OH is 1. The molecule has 142 valence electrons. The topological polar surface area (TPSA) is 65.4 Å². The molecule has 1 aromatic rings. The minimum Gasteiger partial charge on any atom is -0.502 e. The van der Waals surface area contributed by atoms with E-state index in [0.717, 1.165) is 44.7 Å². The van der Waals surface area contributed by atoms with Gasteiger partial charge in [-0.15, -0.1) is 0 Å². The van der Waals surface area contributed by atoms with E-state index in [1.807, 2.05) is 12.1 Å². The van der Waals surface area contributed by atoms with Crippen molar-refractivity contribution in [3.05, 3.63) is 17.7 Å². The monoisotopic (exact) mass is 352 g/mol. The molecule has 1 aliphatic rings. The zero-order chi connectivity index (χ0) is 18.4. The first-order valence-electron chi connectivity index (χ1n) is 8.99. The second-order valence-electron chi connectivity index (χ2n) is 7.14. The molecule has 2 rings (SSSR count). The van der Waals surface area contributed by atoms with E-state index in [2.05, 4.69) is 23.6 Å². The maximum absolute atomic E-state index is 10.1. The molecule has 1 saturated heterocycles. The standard InChI is InChI=1S/C19H32N2O4/c1-14(2)11-21-7-6-20(13-16(21)5-8-22)12-15-9-17(24-3)19(23)18(10-15)25-4/h9-10,14,16,22-23H,5-8,11-13H2,1-4H3. The SMILES string of the molecule is COc1cc(CN2CCN(CC(C)C)C(CCO)C2)cc(OC)c1O. The Kier molecular flexibility index (Phi) is 7.35. The van der Waals surface area contributed by atoms with Crippen LogP contribution >= 0.6 is 0 Å². The van der Waals surface area contributed by atoms with Gasteiger partial charge in [-0.2, -0.15) is 0 Å². The molecular weight excluding hydrogens is 320 g/mol. The van der Waals surface area contributed by atoms with Crippen LogP contribution in [0.15, 0.2) is 12.1 Å². The molecule has 1 atom stereocenters. The Morgan fingerprint density at radius 2 is 1.80 bits per heavy atom. The Hall–Kier alpha value is -1.50. The Morgan fingerprint density at radius 1 is 1.16 bits per heavy atom. The lowest BCUT2D eigenvalue weighted by molar-refractivity contribution is 0.0476. The number of rotatable bonds is 8. The Labute approximate surface area is 151 Å². The van der Waals surface area contributed by atoms with E-state index in [9.17, 15) is 10.2 Å². The molecule has 0 spiro atoms. The lowest BCUT2D eigenvalue weighted by atomic mass is 10.0. The number of phenolic OH excluding ortho intramolecular Hbond substituents is 1. The number of benzene rings is 1. The molecule has 0 radical (unpaired) electrons. The summed E-state index contributed by atoms with van der Waals surface area (Å²) in [5, 5.41) is 19.5. The zero-order valence-corrected chi connectivity index (χ0v) is 15.9. The first-order valence-corrected chi connectivity index (χ1v) is 8.99. The van der Waals surface area contributed by atoms with Crippen molar-refractivity contribution in [2.45, 2.75) is 32.9 Å². The summed E-state index contributed by atoms with van der Waals surface area (Å²) in [6, 6.07) is 4.10. The van der Waals surface area contributed by atoms with Crippen LogP contribution < -0.4 is 9.47 Å². The number of piperazine rings is 1. The molecule has 0 aliphatic carbocycles. The van der Waals surface area contributed by atoms with Gasteiger partial charge in [0.2, 0.25) is 5.75 Å². The normalized spacial score (nSPS) is 19.4. The van der Waals surface area contributed by atoms with Gasteiger partial charge in [-0.05, 0) is 30.0 Å². The first-order chi connectivity index (χ1) is 12.0. The summed E-state index contributed by atoms with van der Waals surface area (Å²) < 4.78 is 10.5. The molecule has 6 heteroatoms. The van der Waals surface area contributed by atoms with Gasteiger partial charge in [0.25, 0.3) is 0 Å². The molecule has 1 heterocycles. The van der Waals surface area contributed by atoms with Crippen LogP contribution in [0.1, 0.15) is 25.8 Å². The predicted molar refractivity (Wildman–Crippen MR) is 98.4 cm³/mol. The van der Waals surface area contributed by atoms with Crippen molar-refractivity contribution in [3.63, 3.8) is 0 Å². The second kappa shape index (κ2) is 9.27. The van der Waals surface area contributed by atoms with E-state index in [1.165, 1.54) is 0 Å². The number of aliphatic hydroxyl groups is 1. The minimum atomic E-state index is 0.0358. The molecule has 2 N–H and O–H groups in total. The van der Waals surface area contributed by atoms with Gasteiger partial charge in [0, 0.05) is 45.4 Å². The van der Waals surface area contributed by atoms with Gasteiger partial charge >= 0.3 is 0 Å². The Bertz CT molecular complexity index is 525. The van der Waals surface area contributed by atoms with Crippen molar-refractivity contribution in [2.24, 2.45) is 5.92 Å². The first kappa shape index (κ1) is 19.8. The third kappa shape index (κ3) is 5.23. The highest BCUT2D eigenvalue weighted by atomic mass is 16.5. The molecule has 6 nitrogen and oxygen atoms in total. The average molecular weight is 352 g/mol. The summed E-state index contributed by atoms with van der Waals surface area (Å²) >= 11 is 0. The molecule has 1 aliphatic heterocycles. The quantitative estimate of drug-likeness (QED) is 0.745. The van der Waals surface area contributed by atoms with Crippen molar-refractivity contribution in [1.82, 2.24) is 9.80 Å². The molecule has 1 unspecified atom stereocenters. The van der Waals surface area contributed by atoms with E-state index in [-0.39, 0.29) is 12.4 Å². The molecule has 0 bridgehead atoms. The fourth-order valence-corrected chi connectivity index (χ4v) is 3.53. The fraction of sp³-hybridized carbons (Fsp3) is 0.684. The summed E-state index contributed by atoms with van der Waals surface area (Å²) in [4.78, 5) is 4.89. The number of hydrogen-bond donors (Lipinski definition) is 2. The van der Waals surface area contributed by atoms with Gasteiger partial charge in [-0.1, -0.05) is 13.8 Å². The molecule has 0 aromatic heterocycles. The summed E-state index contributed by atoms with van der Waals surface area (Å²) in [5.74, 6) is 1.52. The minimum absolute atomic E-state index is 0.0358. The van der Waals surface area contributed by atoms with E-state index in [0.29, 0.717) is 23.5 Å². The van der Waals surface area contributed by atoms with E-state index in [4.69, 9.17) is 9.47 Å². The van der Waals surface area contributed by atoms with Crippen molar-refractivity contribution in [1.29, 1.82) is 0 Å². The maximum Gasteiger partial charge on any atom is 0.200 e. The van der Waals surface area contributed by atoms with Gasteiger partial charge in [0.05, 0.1) is 14.2 Å². The van der Waals surface area contributed by atoms with Gasteiger partial charge in [-0.3, -0.25) is 9.80 Å². The molecule has 25 heavy (non-hydrogen) atoms. The highest BCUT2D eigenvalue weighted by molar-refractivity contribution is 5.52. The van der Waals surface area contributed by atoms with Crippen LogP contribution in [0.4, 0.5) is 0 Å². The predicted octanol–water partition coefficient (Wildman–Crippen LogP) is 1.93. The number of ether oxygens (including phenoxy) is 2. The van der Waals surface area contributed by atoms with E-state index >= 15 is 0 Å². The third-order valence-corrected chi connectivity index (χ3v) is 4.70. The van der Waals surface area contributed by atoms with Gasteiger partial charge < -0.3 is 19.7 Å². The average Bonchev–Trinajstić information content (AvgIpc) is 2.58. The molecule has 1 aromatic carbocycles. The van der Waals surface area contributed by atoms with Gasteiger partial charge in [0.1, 0.15) is 0 Å². The molecule has 0 saturated carbocycles. The van der Waals surface area contributed by atoms with Gasteiger partial charge in [-0.25, -0.2) is 0 Å². The van der Waals surface area contributed by atoms with Crippen LogP contribution in [0, 0.1) is 5.92 Å². The van der Waals surface area contributed by atoms with E-state index < -0.39 is 0 Å². The Morgan fingerprint density at radius 3 is 2.32 bits per heavy atom.